The molecule has 0 radical (unpaired) electrons. The summed E-state index contributed by atoms with van der Waals surface area (Å²) in [5.41, 5.74) is 11.5. The van der Waals surface area contributed by atoms with Gasteiger partial charge in [0.25, 0.3) is 0 Å². The lowest BCUT2D eigenvalue weighted by molar-refractivity contribution is 0.00438. The smallest absolute Gasteiger partial charge is 0.176 e. The molecular formula is C27H32N8O2. The fourth-order valence-corrected chi connectivity index (χ4v) is 5.84. The summed E-state index contributed by atoms with van der Waals surface area (Å²) >= 11 is 0. The van der Waals surface area contributed by atoms with Gasteiger partial charge in [-0.25, -0.2) is 4.98 Å². The molecule has 4 aromatic rings. The normalized spacial score (nSPS) is 20.1. The number of nitrogens with one attached hydrogen (secondary N) is 1. The molecule has 0 aliphatic carbocycles. The van der Waals surface area contributed by atoms with Crippen LogP contribution in [-0.2, 0) is 0 Å². The molecule has 6 heterocycles. The van der Waals surface area contributed by atoms with E-state index in [1.807, 2.05) is 32.2 Å². The number of pyridine rings is 1. The molecule has 3 saturated heterocycles. The summed E-state index contributed by atoms with van der Waals surface area (Å²) < 4.78 is 11.8. The van der Waals surface area contributed by atoms with E-state index in [1.54, 1.807) is 13.3 Å². The Morgan fingerprint density at radius 3 is 2.62 bits per heavy atom. The number of aromatic amines is 1. The molecule has 37 heavy (non-hydrogen) atoms. The number of hydrogen-bond donors (Lipinski definition) is 2. The molecule has 2 bridgehead atoms. The summed E-state index contributed by atoms with van der Waals surface area (Å²) in [4.78, 5) is 9.79. The van der Waals surface area contributed by atoms with Crippen LogP contribution in [0.5, 0.6) is 11.5 Å². The summed E-state index contributed by atoms with van der Waals surface area (Å²) in [6.07, 6.45) is 4.16. The van der Waals surface area contributed by atoms with Gasteiger partial charge < -0.3 is 14.4 Å². The van der Waals surface area contributed by atoms with Crippen molar-refractivity contribution in [2.24, 2.45) is 5.73 Å². The van der Waals surface area contributed by atoms with Crippen LogP contribution in [0.15, 0.2) is 36.7 Å². The average molecular weight is 501 g/mol. The third-order valence-electron chi connectivity index (χ3n) is 7.71. The number of hydrogen-bond acceptors (Lipinski definition) is 9. The molecule has 0 saturated carbocycles. The van der Waals surface area contributed by atoms with Crippen molar-refractivity contribution in [3.05, 3.63) is 53.5 Å². The van der Waals surface area contributed by atoms with Gasteiger partial charge >= 0.3 is 0 Å². The SMILES string of the molecule is CCN1C2CC1CN(c1ccc(-c3n[nH]c4cc(OC)c(O[C@H](N)c5c(C)cnnc5C)cc34)cn1)C2. The Labute approximate surface area is 215 Å². The Morgan fingerprint density at radius 1 is 1.14 bits per heavy atom. The first-order valence-electron chi connectivity index (χ1n) is 12.7. The van der Waals surface area contributed by atoms with E-state index in [1.165, 1.54) is 6.42 Å². The molecule has 3 atom stereocenters. The number of rotatable bonds is 7. The Hall–Kier alpha value is -3.76. The monoisotopic (exact) mass is 500 g/mol. The number of methoxy groups -OCH3 is 1. The van der Waals surface area contributed by atoms with E-state index in [2.05, 4.69) is 49.3 Å². The molecule has 10 heteroatoms. The van der Waals surface area contributed by atoms with Gasteiger partial charge in [-0.2, -0.15) is 15.3 Å². The molecule has 0 spiro atoms. The van der Waals surface area contributed by atoms with Crippen LogP contribution in [0.2, 0.25) is 0 Å². The molecule has 3 fully saturated rings. The Morgan fingerprint density at radius 2 is 1.95 bits per heavy atom. The summed E-state index contributed by atoms with van der Waals surface area (Å²) in [6.45, 7) is 9.26. The van der Waals surface area contributed by atoms with Gasteiger partial charge in [0, 0.05) is 53.9 Å². The highest BCUT2D eigenvalue weighted by Gasteiger charge is 2.43. The number of piperidine rings is 1. The van der Waals surface area contributed by atoms with Crippen LogP contribution in [0.3, 0.4) is 0 Å². The van der Waals surface area contributed by atoms with E-state index >= 15 is 0 Å². The molecule has 192 valence electrons. The zero-order valence-electron chi connectivity index (χ0n) is 21.6. The maximum Gasteiger partial charge on any atom is 0.176 e. The van der Waals surface area contributed by atoms with Gasteiger partial charge in [0.05, 0.1) is 24.5 Å². The predicted molar refractivity (Wildman–Crippen MR) is 142 cm³/mol. The van der Waals surface area contributed by atoms with Crippen molar-refractivity contribution in [1.82, 2.24) is 30.3 Å². The topological polar surface area (TPSA) is 118 Å². The zero-order chi connectivity index (χ0) is 25.7. The van der Waals surface area contributed by atoms with Gasteiger partial charge in [-0.1, -0.05) is 6.92 Å². The number of likely N-dealkylation sites (N-methyl/N-ethyl adjacent to an activating group) is 1. The summed E-state index contributed by atoms with van der Waals surface area (Å²) in [7, 11) is 1.61. The van der Waals surface area contributed by atoms with E-state index in [0.29, 0.717) is 23.6 Å². The molecular weight excluding hydrogens is 468 g/mol. The second-order valence-corrected chi connectivity index (χ2v) is 9.87. The number of H-pyrrole nitrogens is 1. The van der Waals surface area contributed by atoms with E-state index in [-0.39, 0.29) is 0 Å². The predicted octanol–water partition coefficient (Wildman–Crippen LogP) is 3.36. The first kappa shape index (κ1) is 23.6. The summed E-state index contributed by atoms with van der Waals surface area (Å²) in [6, 6.07) is 9.26. The highest BCUT2D eigenvalue weighted by atomic mass is 16.5. The van der Waals surface area contributed by atoms with Crippen LogP contribution in [0, 0.1) is 13.8 Å². The van der Waals surface area contributed by atoms with Crippen LogP contribution in [-0.4, -0.2) is 69.1 Å². The van der Waals surface area contributed by atoms with Crippen molar-refractivity contribution >= 4 is 16.7 Å². The molecule has 3 aromatic heterocycles. The number of ether oxygens (including phenoxy) is 2. The molecule has 0 amide bonds. The standard InChI is InChI=1S/C27H32N8O2/c1-5-35-18-8-19(35)14-34(13-18)24-7-6-17(12-29-24)26-20-9-23(22(36-4)10-21(20)32-33-26)37-27(28)25-15(2)11-30-31-16(25)3/h6-7,9-12,18-19,27H,5,8,13-14,28H2,1-4H3,(H,32,33)/t18?,19?,27-/m0/s1. The molecule has 7 rings (SSSR count). The van der Waals surface area contributed by atoms with Crippen molar-refractivity contribution in [3.8, 4) is 22.8 Å². The highest BCUT2D eigenvalue weighted by molar-refractivity contribution is 5.95. The Kier molecular flexibility index (Phi) is 5.92. The average Bonchev–Trinajstić information content (AvgIpc) is 3.31. The summed E-state index contributed by atoms with van der Waals surface area (Å²) in [5, 5.41) is 16.7. The Balaban J connectivity index is 1.28. The van der Waals surface area contributed by atoms with Crippen molar-refractivity contribution in [2.45, 2.75) is 45.5 Å². The third-order valence-corrected chi connectivity index (χ3v) is 7.71. The first-order valence-corrected chi connectivity index (χ1v) is 12.7. The minimum atomic E-state index is -0.725. The zero-order valence-corrected chi connectivity index (χ0v) is 21.6. The lowest BCUT2D eigenvalue weighted by Crippen LogP contribution is -2.68. The minimum Gasteiger partial charge on any atom is -0.493 e. The largest absolute Gasteiger partial charge is 0.493 e. The number of piperazine rings is 1. The molecule has 3 aliphatic rings. The molecule has 1 aromatic carbocycles. The van der Waals surface area contributed by atoms with Crippen molar-refractivity contribution in [1.29, 1.82) is 0 Å². The van der Waals surface area contributed by atoms with E-state index in [9.17, 15) is 0 Å². The fraction of sp³-hybridized carbons (Fsp3) is 0.407. The van der Waals surface area contributed by atoms with Gasteiger partial charge in [0.2, 0.25) is 0 Å². The van der Waals surface area contributed by atoms with Gasteiger partial charge in [-0.3, -0.25) is 15.7 Å². The number of nitrogens with two attached hydrogens (primary N) is 1. The molecule has 3 N–H and O–H groups in total. The van der Waals surface area contributed by atoms with Crippen LogP contribution in [0.4, 0.5) is 5.82 Å². The highest BCUT2D eigenvalue weighted by Crippen LogP contribution is 2.38. The van der Waals surface area contributed by atoms with Gasteiger partial charge in [0.15, 0.2) is 17.7 Å². The van der Waals surface area contributed by atoms with Gasteiger partial charge in [-0.15, -0.1) is 0 Å². The number of aromatic nitrogens is 5. The first-order chi connectivity index (χ1) is 18.0. The summed E-state index contributed by atoms with van der Waals surface area (Å²) in [5.74, 6) is 2.11. The Bertz CT molecular complexity index is 1400. The van der Waals surface area contributed by atoms with E-state index < -0.39 is 6.23 Å². The van der Waals surface area contributed by atoms with Crippen LogP contribution in [0.25, 0.3) is 22.2 Å². The quantitative estimate of drug-likeness (QED) is 0.368. The molecule has 3 aliphatic heterocycles. The number of aryl methyl sites for hydroxylation is 2. The van der Waals surface area contributed by atoms with Gasteiger partial charge in [-0.05, 0) is 50.6 Å². The lowest BCUT2D eigenvalue weighted by Gasteiger charge is -2.56. The molecule has 2 unspecified atom stereocenters. The third kappa shape index (κ3) is 4.06. The number of fused-ring (bicyclic) bond motifs is 3. The van der Waals surface area contributed by atoms with Crippen molar-refractivity contribution in [3.63, 3.8) is 0 Å². The van der Waals surface area contributed by atoms with E-state index in [0.717, 1.165) is 64.4 Å². The fourth-order valence-electron chi connectivity index (χ4n) is 5.84. The number of benzene rings is 1. The molecule has 10 nitrogen and oxygen atoms in total. The number of nitrogens with zero attached hydrogens (tertiary/aromatic N) is 6. The van der Waals surface area contributed by atoms with Crippen molar-refractivity contribution in [2.75, 3.05) is 31.6 Å². The van der Waals surface area contributed by atoms with Crippen LogP contribution >= 0.6 is 0 Å². The minimum absolute atomic E-state index is 0.526. The second-order valence-electron chi connectivity index (χ2n) is 9.87. The lowest BCUT2D eigenvalue weighted by atomic mass is 9.87. The maximum absolute atomic E-state index is 6.45. The van der Waals surface area contributed by atoms with Crippen LogP contribution in [0.1, 0.15) is 36.4 Å². The maximum atomic E-state index is 6.45. The van der Waals surface area contributed by atoms with Crippen LogP contribution < -0.4 is 20.1 Å². The number of anilines is 1. The van der Waals surface area contributed by atoms with E-state index in [4.69, 9.17) is 20.2 Å². The van der Waals surface area contributed by atoms with Gasteiger partial charge in [0.1, 0.15) is 11.5 Å². The second kappa shape index (κ2) is 9.28. The van der Waals surface area contributed by atoms with Crippen molar-refractivity contribution < 1.29 is 9.47 Å².